The second-order valence-electron chi connectivity index (χ2n) is 3.80. The molecule has 0 aliphatic rings. The molecule has 0 saturated carbocycles. The Kier molecular flexibility index (Phi) is 4.52. The lowest BCUT2D eigenvalue weighted by Gasteiger charge is -2.09. The molecular formula is C13H12BrN3O3. The first-order valence-corrected chi connectivity index (χ1v) is 6.64. The minimum Gasteiger partial charge on any atom is -0.478 e. The Hall–Kier alpha value is -2.15. The monoisotopic (exact) mass is 337 g/mol. The van der Waals surface area contributed by atoms with Crippen LogP contribution in [0.3, 0.4) is 0 Å². The van der Waals surface area contributed by atoms with Crippen LogP contribution in [0, 0.1) is 0 Å². The van der Waals surface area contributed by atoms with E-state index in [9.17, 15) is 4.79 Å². The van der Waals surface area contributed by atoms with Gasteiger partial charge in [-0.3, -0.25) is 0 Å². The van der Waals surface area contributed by atoms with Crippen molar-refractivity contribution in [3.63, 3.8) is 0 Å². The molecular weight excluding hydrogens is 326 g/mol. The molecule has 0 radical (unpaired) electrons. The summed E-state index contributed by atoms with van der Waals surface area (Å²) in [5.41, 5.74) is 0.913. The van der Waals surface area contributed by atoms with Crippen molar-refractivity contribution in [1.82, 2.24) is 9.97 Å². The molecule has 0 unspecified atom stereocenters. The summed E-state index contributed by atoms with van der Waals surface area (Å²) in [6, 6.07) is 6.37. The Morgan fingerprint density at radius 2 is 2.20 bits per heavy atom. The minimum absolute atomic E-state index is 0.208. The molecule has 0 saturated heterocycles. The zero-order chi connectivity index (χ0) is 14.5. The molecule has 0 fully saturated rings. The molecule has 0 spiro atoms. The fourth-order valence-electron chi connectivity index (χ4n) is 1.52. The SMILES string of the molecule is CCOc1cc(Nc2ccc(C(=O)O)cc2Br)ncn1. The molecule has 7 heteroatoms. The fraction of sp³-hybridized carbons (Fsp3) is 0.154. The summed E-state index contributed by atoms with van der Waals surface area (Å²) in [5, 5.41) is 12.0. The fourth-order valence-corrected chi connectivity index (χ4v) is 2.00. The molecule has 20 heavy (non-hydrogen) atoms. The van der Waals surface area contributed by atoms with E-state index in [4.69, 9.17) is 9.84 Å². The molecule has 1 heterocycles. The molecule has 0 aliphatic heterocycles. The number of carboxylic acids is 1. The van der Waals surface area contributed by atoms with Crippen LogP contribution in [0.4, 0.5) is 11.5 Å². The number of nitrogens with zero attached hydrogens (tertiary/aromatic N) is 2. The topological polar surface area (TPSA) is 84.3 Å². The number of anilines is 2. The molecule has 1 aromatic heterocycles. The predicted octanol–water partition coefficient (Wildman–Crippen LogP) is 3.08. The number of carboxylic acid groups (broad SMARTS) is 1. The Bertz CT molecular complexity index is 634. The Labute approximate surface area is 124 Å². The Balaban J connectivity index is 2.21. The first-order valence-electron chi connectivity index (χ1n) is 5.85. The Morgan fingerprint density at radius 1 is 1.40 bits per heavy atom. The second-order valence-corrected chi connectivity index (χ2v) is 4.65. The largest absolute Gasteiger partial charge is 0.478 e. The van der Waals surface area contributed by atoms with E-state index in [1.54, 1.807) is 12.1 Å². The van der Waals surface area contributed by atoms with Gasteiger partial charge in [0.05, 0.1) is 17.9 Å². The molecule has 1 aromatic carbocycles. The second kappa shape index (κ2) is 6.33. The number of hydrogen-bond donors (Lipinski definition) is 2. The van der Waals surface area contributed by atoms with Gasteiger partial charge in [0, 0.05) is 10.5 Å². The van der Waals surface area contributed by atoms with E-state index < -0.39 is 5.97 Å². The summed E-state index contributed by atoms with van der Waals surface area (Å²) in [6.07, 6.45) is 1.40. The molecule has 0 atom stereocenters. The number of benzene rings is 1. The van der Waals surface area contributed by atoms with E-state index in [-0.39, 0.29) is 5.56 Å². The van der Waals surface area contributed by atoms with Crippen molar-refractivity contribution in [3.05, 3.63) is 40.6 Å². The molecule has 2 N–H and O–H groups in total. The minimum atomic E-state index is -0.974. The van der Waals surface area contributed by atoms with Crippen LogP contribution in [0.15, 0.2) is 35.1 Å². The molecule has 2 rings (SSSR count). The van der Waals surface area contributed by atoms with E-state index in [1.165, 1.54) is 18.5 Å². The van der Waals surface area contributed by atoms with Crippen LogP contribution in [-0.2, 0) is 0 Å². The lowest BCUT2D eigenvalue weighted by molar-refractivity contribution is 0.0697. The van der Waals surface area contributed by atoms with Gasteiger partial charge in [-0.15, -0.1) is 0 Å². The lowest BCUT2D eigenvalue weighted by Crippen LogP contribution is -2.00. The van der Waals surface area contributed by atoms with Gasteiger partial charge < -0.3 is 15.2 Å². The first kappa shape index (κ1) is 14.3. The number of carbonyl (C=O) groups is 1. The van der Waals surface area contributed by atoms with E-state index in [1.807, 2.05) is 6.92 Å². The third-order valence-corrected chi connectivity index (χ3v) is 3.07. The zero-order valence-corrected chi connectivity index (χ0v) is 12.2. The van der Waals surface area contributed by atoms with Gasteiger partial charge in [-0.25, -0.2) is 14.8 Å². The highest BCUT2D eigenvalue weighted by atomic mass is 79.9. The summed E-state index contributed by atoms with van der Waals surface area (Å²) in [5.74, 6) is 0.0634. The number of hydrogen-bond acceptors (Lipinski definition) is 5. The van der Waals surface area contributed by atoms with Crippen molar-refractivity contribution in [3.8, 4) is 5.88 Å². The predicted molar refractivity (Wildman–Crippen MR) is 77.6 cm³/mol. The number of nitrogens with one attached hydrogen (secondary N) is 1. The molecule has 2 aromatic rings. The van der Waals surface area contributed by atoms with Crippen molar-refractivity contribution in [2.75, 3.05) is 11.9 Å². The van der Waals surface area contributed by atoms with Crippen LogP contribution in [0.2, 0.25) is 0 Å². The van der Waals surface area contributed by atoms with E-state index >= 15 is 0 Å². The maximum Gasteiger partial charge on any atom is 0.335 e. The zero-order valence-electron chi connectivity index (χ0n) is 10.6. The van der Waals surface area contributed by atoms with Gasteiger partial charge in [0.2, 0.25) is 5.88 Å². The normalized spacial score (nSPS) is 10.1. The highest BCUT2D eigenvalue weighted by molar-refractivity contribution is 9.10. The number of aromatic nitrogens is 2. The highest BCUT2D eigenvalue weighted by Crippen LogP contribution is 2.27. The van der Waals surface area contributed by atoms with Crippen LogP contribution in [0.25, 0.3) is 0 Å². The van der Waals surface area contributed by atoms with E-state index in [0.717, 1.165) is 0 Å². The molecule has 6 nitrogen and oxygen atoms in total. The average Bonchev–Trinajstić information content (AvgIpc) is 2.42. The summed E-state index contributed by atoms with van der Waals surface area (Å²) < 4.78 is 5.92. The van der Waals surface area contributed by atoms with E-state index in [0.29, 0.717) is 28.5 Å². The maximum absolute atomic E-state index is 10.9. The molecule has 0 bridgehead atoms. The van der Waals surface area contributed by atoms with Crippen LogP contribution < -0.4 is 10.1 Å². The van der Waals surface area contributed by atoms with Gasteiger partial charge in [-0.1, -0.05) is 0 Å². The summed E-state index contributed by atoms with van der Waals surface area (Å²) in [7, 11) is 0. The van der Waals surface area contributed by atoms with E-state index in [2.05, 4.69) is 31.2 Å². The van der Waals surface area contributed by atoms with Gasteiger partial charge >= 0.3 is 5.97 Å². The average molecular weight is 338 g/mol. The van der Waals surface area contributed by atoms with Crippen LogP contribution in [-0.4, -0.2) is 27.7 Å². The standard InChI is InChI=1S/C13H12BrN3O3/c1-2-20-12-6-11(15-7-16-12)17-10-4-3-8(13(18)19)5-9(10)14/h3-7H,2H2,1H3,(H,18,19)(H,15,16,17). The third-order valence-electron chi connectivity index (χ3n) is 2.41. The van der Waals surface area contributed by atoms with Crippen molar-refractivity contribution < 1.29 is 14.6 Å². The number of halogens is 1. The van der Waals surface area contributed by atoms with Gasteiger partial charge in [0.25, 0.3) is 0 Å². The molecule has 0 aliphatic carbocycles. The smallest absolute Gasteiger partial charge is 0.335 e. The number of aromatic carboxylic acids is 1. The van der Waals surface area contributed by atoms with Crippen LogP contribution in [0.5, 0.6) is 5.88 Å². The van der Waals surface area contributed by atoms with Crippen molar-refractivity contribution in [2.45, 2.75) is 6.92 Å². The highest BCUT2D eigenvalue weighted by Gasteiger charge is 2.08. The van der Waals surface area contributed by atoms with Crippen LogP contribution >= 0.6 is 15.9 Å². The van der Waals surface area contributed by atoms with Crippen molar-refractivity contribution in [1.29, 1.82) is 0 Å². The first-order chi connectivity index (χ1) is 9.60. The summed E-state index contributed by atoms with van der Waals surface area (Å²) in [6.45, 7) is 2.39. The summed E-state index contributed by atoms with van der Waals surface area (Å²) >= 11 is 3.32. The molecule has 0 amide bonds. The van der Waals surface area contributed by atoms with Crippen molar-refractivity contribution in [2.24, 2.45) is 0 Å². The molecule has 104 valence electrons. The third kappa shape index (κ3) is 3.45. The van der Waals surface area contributed by atoms with Gasteiger partial charge in [0.1, 0.15) is 12.1 Å². The number of rotatable bonds is 5. The van der Waals surface area contributed by atoms with Crippen LogP contribution in [0.1, 0.15) is 17.3 Å². The quantitative estimate of drug-likeness (QED) is 0.872. The van der Waals surface area contributed by atoms with Gasteiger partial charge in [0.15, 0.2) is 0 Å². The maximum atomic E-state index is 10.9. The van der Waals surface area contributed by atoms with Crippen molar-refractivity contribution >= 4 is 33.4 Å². The Morgan fingerprint density at radius 3 is 2.85 bits per heavy atom. The number of ether oxygens (including phenoxy) is 1. The lowest BCUT2D eigenvalue weighted by atomic mass is 10.2. The van der Waals surface area contributed by atoms with Gasteiger partial charge in [-0.05, 0) is 41.1 Å². The summed E-state index contributed by atoms with van der Waals surface area (Å²) in [4.78, 5) is 18.9. The van der Waals surface area contributed by atoms with Gasteiger partial charge in [-0.2, -0.15) is 0 Å².